The van der Waals surface area contributed by atoms with Gasteiger partial charge in [0.15, 0.2) is 0 Å². The Labute approximate surface area is 247 Å². The van der Waals surface area contributed by atoms with Crippen molar-refractivity contribution in [1.82, 2.24) is 4.98 Å². The van der Waals surface area contributed by atoms with Gasteiger partial charge in [-0.05, 0) is 0 Å². The van der Waals surface area contributed by atoms with Crippen molar-refractivity contribution in [1.29, 1.82) is 5.26 Å². The van der Waals surface area contributed by atoms with Gasteiger partial charge in [-0.2, -0.15) is 0 Å². The first-order valence-electron chi connectivity index (χ1n) is 15.4. The van der Waals surface area contributed by atoms with Crippen LogP contribution >= 0.6 is 0 Å². The summed E-state index contributed by atoms with van der Waals surface area (Å²) in [7, 11) is 0. The molecule has 0 atom stereocenters. The first-order valence-corrected chi connectivity index (χ1v) is 15.2. The van der Waals surface area contributed by atoms with Crippen LogP contribution in [0.4, 0.5) is 0 Å². The van der Waals surface area contributed by atoms with Gasteiger partial charge in [0, 0.05) is 0 Å². The molecule has 39 heavy (non-hydrogen) atoms. The second kappa shape index (κ2) is 10.1. The Bertz CT molecular complexity index is 2060. The van der Waals surface area contributed by atoms with Gasteiger partial charge < -0.3 is 0 Å². The molecule has 0 bridgehead atoms. The molecule has 0 spiro atoms. The molecule has 190 valence electrons. The van der Waals surface area contributed by atoms with E-state index < -0.39 is 39.1 Å². The summed E-state index contributed by atoms with van der Waals surface area (Å²) in [6.07, 6.45) is -0.580. The Morgan fingerprint density at radius 1 is 0.846 bits per heavy atom. The van der Waals surface area contributed by atoms with Crippen LogP contribution in [0.1, 0.15) is 44.3 Å². The number of fused-ring (bicyclic) bond motifs is 3. The van der Waals surface area contributed by atoms with Crippen molar-refractivity contribution < 1.29 is 6.85 Å². The molecule has 0 saturated heterocycles. The van der Waals surface area contributed by atoms with Gasteiger partial charge in [0.1, 0.15) is 0 Å². The number of rotatable bonds is 4. The van der Waals surface area contributed by atoms with Crippen LogP contribution in [-0.2, 0) is 6.37 Å². The average molecular weight is 623 g/mol. The van der Waals surface area contributed by atoms with Gasteiger partial charge in [-0.1, -0.05) is 0 Å². The maximum atomic E-state index is 10.1. The molecule has 0 fully saturated rings. The quantitative estimate of drug-likeness (QED) is 0.184. The van der Waals surface area contributed by atoms with Gasteiger partial charge in [0.05, 0.1) is 0 Å². The fraction of sp³-hybridized carbons (Fsp3) is 0.167. The monoisotopic (exact) mass is 625 g/mol. The molecule has 3 heteroatoms. The molecule has 2 nitrogen and oxygen atoms in total. The van der Waals surface area contributed by atoms with Crippen LogP contribution in [0.25, 0.3) is 51.1 Å². The molecule has 0 radical (unpaired) electrons. The number of aryl methyl sites for hydroxylation is 1. The summed E-state index contributed by atoms with van der Waals surface area (Å²) in [6.45, 7) is 2.84. The molecule has 0 aliphatic rings. The summed E-state index contributed by atoms with van der Waals surface area (Å²) in [6, 6.07) is 32.6. The Morgan fingerprint density at radius 3 is 2.28 bits per heavy atom. The van der Waals surface area contributed by atoms with Gasteiger partial charge in [0.25, 0.3) is 0 Å². The zero-order valence-corrected chi connectivity index (χ0v) is 24.4. The molecular weight excluding hydrogens is 588 g/mol. The zero-order valence-electron chi connectivity index (χ0n) is 27.0. The number of hydrogen-bond acceptors (Lipinski definition) is 2. The van der Waals surface area contributed by atoms with Crippen LogP contribution in [0.5, 0.6) is 0 Å². The first-order chi connectivity index (χ1) is 20.8. The van der Waals surface area contributed by atoms with E-state index in [4.69, 9.17) is 6.85 Å². The van der Waals surface area contributed by atoms with E-state index >= 15 is 0 Å². The minimum atomic E-state index is -2.50. The van der Waals surface area contributed by atoms with E-state index in [1.165, 1.54) is 9.60 Å². The van der Waals surface area contributed by atoms with Crippen LogP contribution in [-0.4, -0.2) is 25.4 Å². The van der Waals surface area contributed by atoms with E-state index in [-0.39, 0.29) is 11.1 Å². The molecule has 2 heterocycles. The van der Waals surface area contributed by atoms with Gasteiger partial charge in [-0.25, -0.2) is 0 Å². The van der Waals surface area contributed by atoms with Crippen molar-refractivity contribution in [2.24, 2.45) is 5.41 Å². The Kier molecular flexibility index (Phi) is 5.26. The molecule has 0 N–H and O–H groups in total. The number of nitrogens with zero attached hydrogens (tertiary/aromatic N) is 2. The van der Waals surface area contributed by atoms with Gasteiger partial charge in [-0.3, -0.25) is 0 Å². The van der Waals surface area contributed by atoms with E-state index in [9.17, 15) is 5.26 Å². The number of aromatic nitrogens is 1. The van der Waals surface area contributed by atoms with Crippen LogP contribution in [0.2, 0.25) is 0 Å². The SMILES string of the molecule is [2H]C([2H])([2H])c1cnc(-c2cccc3c2[te]c2c(-c4ccc(-c5ccccc5)cc4)c(C#N)ccc23)cc1C([2H])([2H])C(C)(C)C. The molecule has 4 aromatic carbocycles. The van der Waals surface area contributed by atoms with Crippen molar-refractivity contribution in [2.45, 2.75) is 34.0 Å². The second-order valence-corrected chi connectivity index (χ2v) is 13.6. The fourth-order valence-electron chi connectivity index (χ4n) is 5.01. The molecule has 0 aliphatic heterocycles. The van der Waals surface area contributed by atoms with Gasteiger partial charge in [-0.15, -0.1) is 0 Å². The van der Waals surface area contributed by atoms with E-state index in [0.29, 0.717) is 11.3 Å². The van der Waals surface area contributed by atoms with E-state index in [2.05, 4.69) is 53.5 Å². The summed E-state index contributed by atoms with van der Waals surface area (Å²) in [5.41, 5.74) is 5.53. The Morgan fingerprint density at radius 2 is 1.56 bits per heavy atom. The molecule has 2 aromatic heterocycles. The molecule has 0 aliphatic carbocycles. The number of benzene rings is 4. The van der Waals surface area contributed by atoms with Crippen LogP contribution in [0, 0.1) is 23.6 Å². The minimum absolute atomic E-state index is 0.0617. The van der Waals surface area contributed by atoms with Crippen molar-refractivity contribution in [3.8, 4) is 39.6 Å². The van der Waals surface area contributed by atoms with Gasteiger partial charge >= 0.3 is 248 Å². The molecule has 6 aromatic rings. The summed E-state index contributed by atoms with van der Waals surface area (Å²) < 4.78 is 44.6. The first kappa shape index (κ1) is 20.2. The number of hydrogen-bond donors (Lipinski definition) is 0. The molecular formula is C36H30N2Te. The van der Waals surface area contributed by atoms with E-state index in [0.717, 1.165) is 42.0 Å². The van der Waals surface area contributed by atoms with Crippen molar-refractivity contribution in [3.63, 3.8) is 0 Å². The summed E-state index contributed by atoms with van der Waals surface area (Å²) in [5, 5.41) is 12.3. The van der Waals surface area contributed by atoms with Gasteiger partial charge in [0.2, 0.25) is 0 Å². The summed E-state index contributed by atoms with van der Waals surface area (Å²) in [5.74, 6) is 0. The number of pyridine rings is 1. The van der Waals surface area contributed by atoms with E-state index in [1.807, 2.05) is 42.5 Å². The summed E-state index contributed by atoms with van der Waals surface area (Å²) in [4.78, 5) is 4.61. The maximum absolute atomic E-state index is 10.1. The normalized spacial score (nSPS) is 14.3. The predicted molar refractivity (Wildman–Crippen MR) is 165 cm³/mol. The van der Waals surface area contributed by atoms with Crippen LogP contribution in [0.3, 0.4) is 0 Å². The zero-order chi connectivity index (χ0) is 31.4. The third-order valence-corrected chi connectivity index (χ3v) is 10.4. The van der Waals surface area contributed by atoms with E-state index in [1.54, 1.807) is 26.8 Å². The average Bonchev–Trinajstić information content (AvgIpc) is 3.38. The molecule has 0 unspecified atom stereocenters. The van der Waals surface area contributed by atoms with Crippen LogP contribution in [0.15, 0.2) is 97.2 Å². The third-order valence-electron chi connectivity index (χ3n) is 6.76. The molecule has 0 amide bonds. The number of nitriles is 1. The Hall–Kier alpha value is -3.69. The Balaban J connectivity index is 1.56. The van der Waals surface area contributed by atoms with Crippen molar-refractivity contribution in [3.05, 3.63) is 114 Å². The summed E-state index contributed by atoms with van der Waals surface area (Å²) >= 11 is -0.997. The topological polar surface area (TPSA) is 36.7 Å². The molecule has 0 saturated carbocycles. The fourth-order valence-corrected chi connectivity index (χ4v) is 8.99. The van der Waals surface area contributed by atoms with Crippen molar-refractivity contribution in [2.75, 3.05) is 0 Å². The predicted octanol–water partition coefficient (Wildman–Crippen LogP) is 9.21. The molecule has 6 rings (SSSR count). The van der Waals surface area contributed by atoms with Crippen molar-refractivity contribution >= 4 is 38.0 Å². The second-order valence-electron chi connectivity index (χ2n) is 10.7. The standard InChI is InChI=1S/C36H30N2Te/c1-23-22-38-32(19-28(23)20-36(2,3)4)31-12-8-11-29-30-18-17-27(21-37)33(35(30)39-34(29)31)26-15-13-25(14-16-26)24-9-6-5-7-10-24/h5-19,22H,20H2,1-4H3/i1D3,20D2. The van der Waals surface area contributed by atoms with Crippen LogP contribution < -0.4 is 0 Å². The third kappa shape index (κ3) is 4.92.